The van der Waals surface area contributed by atoms with Crippen LogP contribution < -0.4 is 14.4 Å². The van der Waals surface area contributed by atoms with Crippen LogP contribution in [0.2, 0.25) is 0 Å². The number of aliphatic hydroxyl groups excluding tert-OH is 1. The number of benzene rings is 2. The first-order valence-corrected chi connectivity index (χ1v) is 10.5. The van der Waals surface area contributed by atoms with Crippen LogP contribution in [0.25, 0.3) is 5.76 Å². The molecule has 1 atom stereocenters. The summed E-state index contributed by atoms with van der Waals surface area (Å²) < 4.78 is 11.0. The lowest BCUT2D eigenvalue weighted by molar-refractivity contribution is -0.132. The van der Waals surface area contributed by atoms with Gasteiger partial charge in [-0.3, -0.25) is 14.5 Å². The van der Waals surface area contributed by atoms with Gasteiger partial charge < -0.3 is 14.6 Å². The van der Waals surface area contributed by atoms with Gasteiger partial charge in [-0.1, -0.05) is 18.2 Å². The standard InChI is InChI=1S/C26H24N2O5/c1-16(2)33-19-12-10-17(11-13-19)24(29)22-23(18-7-6-8-20(15-18)32-3)28(26(31)25(22)30)21-9-4-5-14-27-21/h4-16,23,29H,1-3H3. The molecule has 2 aromatic carbocycles. The number of Topliss-reactive ketones (excluding diaryl/α,β-unsaturated/α-hetero) is 1. The predicted molar refractivity (Wildman–Crippen MR) is 124 cm³/mol. The summed E-state index contributed by atoms with van der Waals surface area (Å²) in [6, 6.07) is 18.0. The number of aromatic nitrogens is 1. The molecule has 1 unspecified atom stereocenters. The Labute approximate surface area is 191 Å². The molecule has 0 radical (unpaired) electrons. The Hall–Kier alpha value is -4.13. The summed E-state index contributed by atoms with van der Waals surface area (Å²) in [5, 5.41) is 11.2. The Bertz CT molecular complexity index is 1200. The molecule has 1 aliphatic rings. The van der Waals surface area contributed by atoms with E-state index in [9.17, 15) is 14.7 Å². The third kappa shape index (κ3) is 4.30. The zero-order valence-electron chi connectivity index (χ0n) is 18.6. The van der Waals surface area contributed by atoms with E-state index in [-0.39, 0.29) is 17.4 Å². The number of methoxy groups -OCH3 is 1. The zero-order valence-corrected chi connectivity index (χ0v) is 18.6. The molecule has 1 amide bonds. The highest BCUT2D eigenvalue weighted by Gasteiger charge is 2.47. The molecule has 33 heavy (non-hydrogen) atoms. The minimum Gasteiger partial charge on any atom is -0.507 e. The Morgan fingerprint density at radius 1 is 1.00 bits per heavy atom. The SMILES string of the molecule is COc1cccc(C2C(=C(O)c3ccc(OC(C)C)cc3)C(=O)C(=O)N2c2ccccn2)c1. The fourth-order valence-corrected chi connectivity index (χ4v) is 3.81. The molecule has 7 heteroatoms. The van der Waals surface area contributed by atoms with Crippen molar-refractivity contribution in [1.82, 2.24) is 4.98 Å². The average Bonchev–Trinajstić information content (AvgIpc) is 3.10. The number of hydrogen-bond donors (Lipinski definition) is 1. The van der Waals surface area contributed by atoms with Crippen LogP contribution in [-0.2, 0) is 9.59 Å². The summed E-state index contributed by atoms with van der Waals surface area (Å²) in [5.74, 6) is -0.298. The van der Waals surface area contributed by atoms with E-state index in [1.54, 1.807) is 72.9 Å². The number of ketones is 1. The van der Waals surface area contributed by atoms with Crippen molar-refractivity contribution in [2.75, 3.05) is 12.0 Å². The number of anilines is 1. The number of amides is 1. The Morgan fingerprint density at radius 3 is 2.39 bits per heavy atom. The van der Waals surface area contributed by atoms with Gasteiger partial charge in [0.2, 0.25) is 0 Å². The molecule has 0 bridgehead atoms. The van der Waals surface area contributed by atoms with Crippen LogP contribution in [0, 0.1) is 0 Å². The highest BCUT2D eigenvalue weighted by Crippen LogP contribution is 2.42. The maximum Gasteiger partial charge on any atom is 0.301 e. The van der Waals surface area contributed by atoms with E-state index in [0.29, 0.717) is 28.4 Å². The van der Waals surface area contributed by atoms with Crippen molar-refractivity contribution >= 4 is 23.3 Å². The highest BCUT2D eigenvalue weighted by molar-refractivity contribution is 6.51. The smallest absolute Gasteiger partial charge is 0.301 e. The normalized spacial score (nSPS) is 17.5. The lowest BCUT2D eigenvalue weighted by atomic mass is 9.95. The fourth-order valence-electron chi connectivity index (χ4n) is 3.81. The molecular weight excluding hydrogens is 420 g/mol. The highest BCUT2D eigenvalue weighted by atomic mass is 16.5. The molecule has 0 aliphatic carbocycles. The largest absolute Gasteiger partial charge is 0.507 e. The summed E-state index contributed by atoms with van der Waals surface area (Å²) >= 11 is 0. The molecule has 1 aromatic heterocycles. The molecule has 2 heterocycles. The molecule has 0 saturated carbocycles. The summed E-state index contributed by atoms with van der Waals surface area (Å²) in [4.78, 5) is 31.8. The van der Waals surface area contributed by atoms with Crippen LogP contribution in [-0.4, -0.2) is 35.0 Å². The minimum absolute atomic E-state index is 0.00112. The number of rotatable bonds is 6. The molecule has 7 nitrogen and oxygen atoms in total. The van der Waals surface area contributed by atoms with Gasteiger partial charge in [0, 0.05) is 11.8 Å². The predicted octanol–water partition coefficient (Wildman–Crippen LogP) is 4.50. The number of pyridine rings is 1. The van der Waals surface area contributed by atoms with E-state index in [0.717, 1.165) is 0 Å². The van der Waals surface area contributed by atoms with Gasteiger partial charge in [0.1, 0.15) is 23.1 Å². The summed E-state index contributed by atoms with van der Waals surface area (Å²) in [6.45, 7) is 3.84. The van der Waals surface area contributed by atoms with Gasteiger partial charge in [-0.15, -0.1) is 0 Å². The lowest BCUT2D eigenvalue weighted by Crippen LogP contribution is -2.30. The van der Waals surface area contributed by atoms with Crippen molar-refractivity contribution in [2.45, 2.75) is 26.0 Å². The van der Waals surface area contributed by atoms with E-state index < -0.39 is 17.7 Å². The van der Waals surface area contributed by atoms with Crippen LogP contribution in [0.3, 0.4) is 0 Å². The Balaban J connectivity index is 1.87. The minimum atomic E-state index is -0.874. The third-order valence-corrected chi connectivity index (χ3v) is 5.25. The van der Waals surface area contributed by atoms with Gasteiger partial charge in [0.25, 0.3) is 5.78 Å². The molecular formula is C26H24N2O5. The maximum atomic E-state index is 13.2. The van der Waals surface area contributed by atoms with Gasteiger partial charge in [-0.05, 0) is 67.9 Å². The fraction of sp³-hybridized carbons (Fsp3) is 0.192. The Morgan fingerprint density at radius 2 is 1.76 bits per heavy atom. The van der Waals surface area contributed by atoms with Crippen molar-refractivity contribution in [2.24, 2.45) is 0 Å². The number of carbonyl (C=O) groups excluding carboxylic acids is 2. The Kier molecular flexibility index (Phi) is 6.13. The molecule has 168 valence electrons. The maximum absolute atomic E-state index is 13.2. The molecule has 1 fully saturated rings. The zero-order chi connectivity index (χ0) is 23.5. The number of aliphatic hydroxyl groups is 1. The van der Waals surface area contributed by atoms with Gasteiger partial charge in [0.15, 0.2) is 0 Å². The molecule has 1 N–H and O–H groups in total. The van der Waals surface area contributed by atoms with E-state index in [2.05, 4.69) is 4.98 Å². The van der Waals surface area contributed by atoms with Crippen molar-refractivity contribution in [1.29, 1.82) is 0 Å². The van der Waals surface area contributed by atoms with Crippen molar-refractivity contribution in [3.8, 4) is 11.5 Å². The van der Waals surface area contributed by atoms with Crippen molar-refractivity contribution < 1.29 is 24.2 Å². The number of ether oxygens (including phenoxy) is 2. The van der Waals surface area contributed by atoms with E-state index in [4.69, 9.17) is 9.47 Å². The topological polar surface area (TPSA) is 89.0 Å². The summed E-state index contributed by atoms with van der Waals surface area (Å²) in [5.41, 5.74) is 0.995. The van der Waals surface area contributed by atoms with Gasteiger partial charge in [-0.2, -0.15) is 0 Å². The van der Waals surface area contributed by atoms with Gasteiger partial charge in [0.05, 0.1) is 24.8 Å². The first kappa shape index (κ1) is 22.1. The molecule has 3 aromatic rings. The van der Waals surface area contributed by atoms with Crippen LogP contribution in [0.15, 0.2) is 78.5 Å². The van der Waals surface area contributed by atoms with Gasteiger partial charge in [-0.25, -0.2) is 4.98 Å². The van der Waals surface area contributed by atoms with E-state index in [1.807, 2.05) is 13.8 Å². The van der Waals surface area contributed by atoms with Crippen LogP contribution in [0.4, 0.5) is 5.82 Å². The lowest BCUT2D eigenvalue weighted by Gasteiger charge is -2.24. The van der Waals surface area contributed by atoms with Crippen LogP contribution >= 0.6 is 0 Å². The monoisotopic (exact) mass is 444 g/mol. The number of carbonyl (C=O) groups is 2. The molecule has 1 saturated heterocycles. The second-order valence-electron chi connectivity index (χ2n) is 7.82. The number of nitrogens with zero attached hydrogens (tertiary/aromatic N) is 2. The van der Waals surface area contributed by atoms with Crippen molar-refractivity contribution in [3.63, 3.8) is 0 Å². The first-order valence-electron chi connectivity index (χ1n) is 10.5. The molecule has 0 spiro atoms. The first-order chi connectivity index (χ1) is 15.9. The molecule has 4 rings (SSSR count). The summed E-state index contributed by atoms with van der Waals surface area (Å²) in [7, 11) is 1.54. The quantitative estimate of drug-likeness (QED) is 0.342. The third-order valence-electron chi connectivity index (χ3n) is 5.25. The van der Waals surface area contributed by atoms with Crippen molar-refractivity contribution in [3.05, 3.63) is 89.6 Å². The number of hydrogen-bond acceptors (Lipinski definition) is 6. The van der Waals surface area contributed by atoms with Gasteiger partial charge >= 0.3 is 5.91 Å². The second kappa shape index (κ2) is 9.16. The average molecular weight is 444 g/mol. The van der Waals surface area contributed by atoms with E-state index in [1.165, 1.54) is 12.0 Å². The molecule has 1 aliphatic heterocycles. The van der Waals surface area contributed by atoms with Crippen LogP contribution in [0.1, 0.15) is 31.0 Å². The van der Waals surface area contributed by atoms with Crippen LogP contribution in [0.5, 0.6) is 11.5 Å². The summed E-state index contributed by atoms with van der Waals surface area (Å²) in [6.07, 6.45) is 1.55. The van der Waals surface area contributed by atoms with E-state index >= 15 is 0 Å². The second-order valence-corrected chi connectivity index (χ2v) is 7.82.